The monoisotopic (exact) mass is 478 g/mol. The Labute approximate surface area is 195 Å². The van der Waals surface area contributed by atoms with Crippen molar-refractivity contribution in [1.29, 1.82) is 0 Å². The van der Waals surface area contributed by atoms with Crippen LogP contribution in [0.2, 0.25) is 0 Å². The highest BCUT2D eigenvalue weighted by atomic mass is 32.2. The fourth-order valence-electron chi connectivity index (χ4n) is 3.62. The Hall–Kier alpha value is -4.58. The minimum absolute atomic E-state index is 0.0962. The van der Waals surface area contributed by atoms with E-state index >= 15 is 0 Å². The van der Waals surface area contributed by atoms with Crippen molar-refractivity contribution in [3.63, 3.8) is 0 Å². The van der Waals surface area contributed by atoms with Crippen LogP contribution in [0.4, 0.5) is 17.1 Å². The van der Waals surface area contributed by atoms with Gasteiger partial charge in [-0.15, -0.1) is 0 Å². The average molecular weight is 478 g/mol. The molecule has 0 unspecified atom stereocenters. The summed E-state index contributed by atoms with van der Waals surface area (Å²) in [6, 6.07) is 14.2. The van der Waals surface area contributed by atoms with Crippen LogP contribution in [0.3, 0.4) is 0 Å². The molecule has 0 fully saturated rings. The third-order valence-electron chi connectivity index (χ3n) is 5.15. The standard InChI is InChI=1S/C22H14N4O7S/c1-13-20(21(27)15-10-9-14(24(28)29)12-18(15)26(32)33)23-11-5-4-7-17(23)22(13)34-19-8-3-2-6-16(19)25(30)31/h2-12H,1H3. The Morgan fingerprint density at radius 2 is 1.53 bits per heavy atom. The quantitative estimate of drug-likeness (QED) is 0.196. The topological polar surface area (TPSA) is 151 Å². The highest BCUT2D eigenvalue weighted by Gasteiger charge is 2.30. The lowest BCUT2D eigenvalue weighted by atomic mass is 10.0. The lowest BCUT2D eigenvalue weighted by Gasteiger charge is -2.05. The van der Waals surface area contributed by atoms with Crippen molar-refractivity contribution in [1.82, 2.24) is 4.40 Å². The van der Waals surface area contributed by atoms with E-state index in [4.69, 9.17) is 0 Å². The van der Waals surface area contributed by atoms with Gasteiger partial charge in [0.25, 0.3) is 17.1 Å². The lowest BCUT2D eigenvalue weighted by molar-refractivity contribution is -0.394. The molecular formula is C22H14N4O7S. The van der Waals surface area contributed by atoms with Crippen LogP contribution < -0.4 is 0 Å². The Morgan fingerprint density at radius 3 is 2.21 bits per heavy atom. The van der Waals surface area contributed by atoms with Gasteiger partial charge in [-0.25, -0.2) is 0 Å². The van der Waals surface area contributed by atoms with Gasteiger partial charge in [0.15, 0.2) is 0 Å². The van der Waals surface area contributed by atoms with Crippen LogP contribution in [0.1, 0.15) is 21.6 Å². The number of fused-ring (bicyclic) bond motifs is 1. The molecule has 0 radical (unpaired) electrons. The first kappa shape index (κ1) is 22.6. The van der Waals surface area contributed by atoms with Gasteiger partial charge in [0.1, 0.15) is 5.56 Å². The van der Waals surface area contributed by atoms with Crippen LogP contribution in [0.15, 0.2) is 76.7 Å². The summed E-state index contributed by atoms with van der Waals surface area (Å²) in [6.07, 6.45) is 1.61. The number of aromatic nitrogens is 1. The summed E-state index contributed by atoms with van der Waals surface area (Å²) in [6.45, 7) is 1.65. The van der Waals surface area contributed by atoms with E-state index in [-0.39, 0.29) is 16.9 Å². The minimum atomic E-state index is -0.839. The molecule has 0 saturated heterocycles. The van der Waals surface area contributed by atoms with E-state index in [0.717, 1.165) is 30.0 Å². The van der Waals surface area contributed by atoms with E-state index in [0.29, 0.717) is 20.9 Å². The summed E-state index contributed by atoms with van der Waals surface area (Å²) in [5.41, 5.74) is -0.424. The van der Waals surface area contributed by atoms with Crippen molar-refractivity contribution in [2.75, 3.05) is 0 Å². The number of benzene rings is 2. The number of nitro benzene ring substituents is 3. The number of nitro groups is 3. The van der Waals surface area contributed by atoms with Crippen molar-refractivity contribution in [2.24, 2.45) is 0 Å². The van der Waals surface area contributed by atoms with Crippen LogP contribution in [0, 0.1) is 37.3 Å². The molecule has 0 aliphatic carbocycles. The number of pyridine rings is 1. The summed E-state index contributed by atoms with van der Waals surface area (Å²) in [7, 11) is 0. The second kappa shape index (κ2) is 8.75. The molecule has 0 atom stereocenters. The predicted octanol–water partition coefficient (Wildman–Crippen LogP) is 5.35. The zero-order valence-electron chi connectivity index (χ0n) is 17.4. The first-order valence-corrected chi connectivity index (χ1v) is 10.5. The molecule has 4 rings (SSSR count). The number of hydrogen-bond acceptors (Lipinski definition) is 8. The number of non-ortho nitro benzene ring substituents is 1. The van der Waals surface area contributed by atoms with Crippen LogP contribution in [0.25, 0.3) is 5.52 Å². The minimum Gasteiger partial charge on any atom is -0.312 e. The van der Waals surface area contributed by atoms with Gasteiger partial charge < -0.3 is 4.40 Å². The Balaban J connectivity index is 1.90. The Morgan fingerprint density at radius 1 is 0.853 bits per heavy atom. The van der Waals surface area contributed by atoms with Gasteiger partial charge in [0.05, 0.1) is 36.9 Å². The smallest absolute Gasteiger partial charge is 0.287 e. The fraction of sp³-hybridized carbons (Fsp3) is 0.0455. The number of hydrogen-bond donors (Lipinski definition) is 0. The molecule has 12 heteroatoms. The zero-order valence-corrected chi connectivity index (χ0v) is 18.2. The third-order valence-corrected chi connectivity index (χ3v) is 6.44. The molecule has 0 saturated carbocycles. The molecule has 170 valence electrons. The highest BCUT2D eigenvalue weighted by Crippen LogP contribution is 2.41. The molecule has 0 bridgehead atoms. The van der Waals surface area contributed by atoms with Gasteiger partial charge in [0, 0.05) is 23.2 Å². The van der Waals surface area contributed by atoms with E-state index in [2.05, 4.69) is 0 Å². The highest BCUT2D eigenvalue weighted by molar-refractivity contribution is 7.99. The molecule has 4 aromatic rings. The fourth-order valence-corrected chi connectivity index (χ4v) is 4.75. The number of carbonyl (C=O) groups is 1. The maximum absolute atomic E-state index is 13.5. The van der Waals surface area contributed by atoms with E-state index in [1.807, 2.05) is 0 Å². The van der Waals surface area contributed by atoms with Crippen LogP contribution in [-0.4, -0.2) is 25.0 Å². The van der Waals surface area contributed by atoms with E-state index in [1.54, 1.807) is 53.9 Å². The second-order valence-corrected chi connectivity index (χ2v) is 8.18. The Kier molecular flexibility index (Phi) is 5.82. The molecule has 0 N–H and O–H groups in total. The van der Waals surface area contributed by atoms with Gasteiger partial charge >= 0.3 is 0 Å². The van der Waals surface area contributed by atoms with Crippen LogP contribution >= 0.6 is 11.8 Å². The normalized spacial score (nSPS) is 10.9. The summed E-state index contributed by atoms with van der Waals surface area (Å²) >= 11 is 1.11. The first-order valence-electron chi connectivity index (χ1n) is 9.69. The third kappa shape index (κ3) is 3.86. The summed E-state index contributed by atoms with van der Waals surface area (Å²) in [5, 5.41) is 34.1. The molecule has 2 heterocycles. The van der Waals surface area contributed by atoms with Gasteiger partial charge in [-0.3, -0.25) is 35.1 Å². The number of nitrogens with zero attached hydrogens (tertiary/aromatic N) is 4. The Bertz CT molecular complexity index is 1510. The average Bonchev–Trinajstić information content (AvgIpc) is 3.09. The molecule has 0 spiro atoms. The molecule has 0 amide bonds. The van der Waals surface area contributed by atoms with Gasteiger partial charge in [-0.05, 0) is 36.8 Å². The van der Waals surface area contributed by atoms with Gasteiger partial charge in [-0.1, -0.05) is 30.0 Å². The molecule has 0 aliphatic rings. The second-order valence-electron chi connectivity index (χ2n) is 7.13. The van der Waals surface area contributed by atoms with Crippen molar-refractivity contribution >= 4 is 40.1 Å². The molecule has 2 aromatic heterocycles. The van der Waals surface area contributed by atoms with Crippen molar-refractivity contribution in [2.45, 2.75) is 16.7 Å². The van der Waals surface area contributed by atoms with Crippen LogP contribution in [0.5, 0.6) is 0 Å². The number of ketones is 1. The van der Waals surface area contributed by atoms with Gasteiger partial charge in [0.2, 0.25) is 5.78 Å². The summed E-state index contributed by atoms with van der Waals surface area (Å²) < 4.78 is 1.56. The van der Waals surface area contributed by atoms with E-state index in [1.165, 1.54) is 6.07 Å². The van der Waals surface area contributed by atoms with Gasteiger partial charge in [-0.2, -0.15) is 0 Å². The van der Waals surface area contributed by atoms with Crippen LogP contribution in [-0.2, 0) is 0 Å². The number of carbonyl (C=O) groups excluding carboxylic acids is 1. The SMILES string of the molecule is Cc1c(Sc2ccccc2[N+](=O)[O-])c2ccccn2c1C(=O)c1ccc([N+](=O)[O-])cc1[N+](=O)[O-]. The molecule has 34 heavy (non-hydrogen) atoms. The van der Waals surface area contributed by atoms with Crippen molar-refractivity contribution < 1.29 is 19.6 Å². The maximum Gasteiger partial charge on any atom is 0.287 e. The maximum atomic E-state index is 13.5. The number of para-hydroxylation sites is 1. The molecule has 11 nitrogen and oxygen atoms in total. The predicted molar refractivity (Wildman–Crippen MR) is 123 cm³/mol. The lowest BCUT2D eigenvalue weighted by Crippen LogP contribution is -2.10. The first-order chi connectivity index (χ1) is 16.2. The van der Waals surface area contributed by atoms with Crippen molar-refractivity contribution in [3.8, 4) is 0 Å². The summed E-state index contributed by atoms with van der Waals surface area (Å²) in [5.74, 6) is -0.699. The molecular weight excluding hydrogens is 464 g/mol. The largest absolute Gasteiger partial charge is 0.312 e. The zero-order chi connectivity index (χ0) is 24.6. The number of rotatable bonds is 7. The van der Waals surface area contributed by atoms with E-state index < -0.39 is 31.9 Å². The summed E-state index contributed by atoms with van der Waals surface area (Å²) in [4.78, 5) is 46.4. The molecule has 2 aromatic carbocycles. The van der Waals surface area contributed by atoms with Crippen molar-refractivity contribution in [3.05, 3.63) is 114 Å². The van der Waals surface area contributed by atoms with E-state index in [9.17, 15) is 35.1 Å². The molecule has 0 aliphatic heterocycles.